The number of hydrogen-bond donors (Lipinski definition) is 3. The maximum absolute atomic E-state index is 12.2. The molecule has 1 aromatic carbocycles. The molecule has 0 saturated heterocycles. The van der Waals surface area contributed by atoms with Crippen LogP contribution in [0.2, 0.25) is 0 Å². The third kappa shape index (κ3) is 7.41. The number of aliphatic imine (C=N–C) groups is 1. The zero-order valence-corrected chi connectivity index (χ0v) is 17.8. The van der Waals surface area contributed by atoms with Gasteiger partial charge in [-0.2, -0.15) is 0 Å². The minimum Gasteiger partial charge on any atom is -0.491 e. The first-order valence-electron chi connectivity index (χ1n) is 10.5. The Hall–Kier alpha value is -2.24. The number of hydrogen-bond acceptors (Lipinski definition) is 3. The van der Waals surface area contributed by atoms with Gasteiger partial charge in [0.05, 0.1) is 6.10 Å². The van der Waals surface area contributed by atoms with Crippen molar-refractivity contribution in [1.29, 1.82) is 0 Å². The maximum Gasteiger partial charge on any atom is 0.223 e. The van der Waals surface area contributed by atoms with Gasteiger partial charge in [0.25, 0.3) is 0 Å². The van der Waals surface area contributed by atoms with Gasteiger partial charge in [-0.1, -0.05) is 31.4 Å². The molecule has 0 radical (unpaired) electrons. The summed E-state index contributed by atoms with van der Waals surface area (Å²) >= 11 is 0. The van der Waals surface area contributed by atoms with Gasteiger partial charge >= 0.3 is 0 Å². The number of ether oxygens (including phenoxy) is 1. The van der Waals surface area contributed by atoms with Crippen molar-refractivity contribution in [2.24, 2.45) is 10.9 Å². The second kappa shape index (κ2) is 11.6. The number of benzene rings is 1. The van der Waals surface area contributed by atoms with Crippen molar-refractivity contribution in [3.05, 3.63) is 29.3 Å². The predicted octanol–water partition coefficient (Wildman–Crippen LogP) is 3.14. The third-order valence-electron chi connectivity index (χ3n) is 4.95. The van der Waals surface area contributed by atoms with E-state index in [0.29, 0.717) is 25.6 Å². The van der Waals surface area contributed by atoms with Crippen LogP contribution in [0, 0.1) is 12.8 Å². The number of guanidine groups is 1. The smallest absolute Gasteiger partial charge is 0.223 e. The van der Waals surface area contributed by atoms with Gasteiger partial charge in [0.1, 0.15) is 5.75 Å². The molecule has 1 aliphatic rings. The summed E-state index contributed by atoms with van der Waals surface area (Å²) in [4.78, 5) is 16.4. The number of amides is 1. The monoisotopic (exact) mass is 388 g/mol. The molecular formula is C22H36N4O2. The maximum atomic E-state index is 12.2. The van der Waals surface area contributed by atoms with Gasteiger partial charge < -0.3 is 20.7 Å². The lowest BCUT2D eigenvalue weighted by molar-refractivity contribution is -0.125. The number of aryl methyl sites for hydroxylation is 1. The summed E-state index contributed by atoms with van der Waals surface area (Å²) in [5, 5.41) is 9.61. The van der Waals surface area contributed by atoms with Gasteiger partial charge in [-0.15, -0.1) is 0 Å². The highest BCUT2D eigenvalue weighted by molar-refractivity contribution is 5.80. The lowest BCUT2D eigenvalue weighted by Crippen LogP contribution is -2.42. The molecule has 1 fully saturated rings. The molecule has 1 amide bonds. The fourth-order valence-electron chi connectivity index (χ4n) is 3.45. The van der Waals surface area contributed by atoms with Gasteiger partial charge in [0.2, 0.25) is 5.91 Å². The van der Waals surface area contributed by atoms with E-state index in [-0.39, 0.29) is 17.9 Å². The second-order valence-corrected chi connectivity index (χ2v) is 7.76. The summed E-state index contributed by atoms with van der Waals surface area (Å²) in [6.45, 7) is 7.98. The van der Waals surface area contributed by atoms with Crippen LogP contribution in [-0.4, -0.2) is 38.1 Å². The van der Waals surface area contributed by atoms with E-state index in [1.165, 1.54) is 24.8 Å². The zero-order valence-electron chi connectivity index (χ0n) is 17.8. The number of rotatable bonds is 8. The summed E-state index contributed by atoms with van der Waals surface area (Å²) in [5.41, 5.74) is 2.27. The largest absolute Gasteiger partial charge is 0.491 e. The van der Waals surface area contributed by atoms with Crippen LogP contribution >= 0.6 is 0 Å². The summed E-state index contributed by atoms with van der Waals surface area (Å²) in [6.07, 6.45) is 5.80. The van der Waals surface area contributed by atoms with Crippen LogP contribution in [0.25, 0.3) is 0 Å². The Labute approximate surface area is 169 Å². The third-order valence-corrected chi connectivity index (χ3v) is 4.95. The van der Waals surface area contributed by atoms with E-state index in [1.54, 1.807) is 7.05 Å². The first kappa shape index (κ1) is 22.1. The molecule has 1 saturated carbocycles. The van der Waals surface area contributed by atoms with E-state index >= 15 is 0 Å². The Morgan fingerprint density at radius 2 is 1.86 bits per heavy atom. The highest BCUT2D eigenvalue weighted by atomic mass is 16.5. The number of carbonyl (C=O) groups is 1. The van der Waals surface area contributed by atoms with E-state index in [0.717, 1.165) is 24.2 Å². The molecule has 0 aliphatic heterocycles. The fraction of sp³-hybridized carbons (Fsp3) is 0.636. The van der Waals surface area contributed by atoms with Gasteiger partial charge in [-0.25, -0.2) is 0 Å². The standard InChI is InChI=1S/C22H36N4O2/c1-16(2)28-20-14-17(3)10-11-19(20)15-26-22(23-4)25-13-12-24-21(27)18-8-6-5-7-9-18/h10-11,14,16,18H,5-9,12-13,15H2,1-4H3,(H,24,27)(H2,23,25,26). The van der Waals surface area contributed by atoms with Crippen LogP contribution in [0.15, 0.2) is 23.2 Å². The van der Waals surface area contributed by atoms with Crippen molar-refractivity contribution >= 4 is 11.9 Å². The Morgan fingerprint density at radius 3 is 2.54 bits per heavy atom. The minimum absolute atomic E-state index is 0.130. The molecule has 6 nitrogen and oxygen atoms in total. The molecule has 0 aromatic heterocycles. The second-order valence-electron chi connectivity index (χ2n) is 7.76. The quantitative estimate of drug-likeness (QED) is 0.363. The Bertz CT molecular complexity index is 652. The van der Waals surface area contributed by atoms with Crippen LogP contribution in [-0.2, 0) is 11.3 Å². The number of nitrogens with zero attached hydrogens (tertiary/aromatic N) is 1. The highest BCUT2D eigenvalue weighted by Crippen LogP contribution is 2.23. The molecule has 0 heterocycles. The first-order valence-corrected chi connectivity index (χ1v) is 10.5. The molecule has 6 heteroatoms. The number of nitrogens with one attached hydrogen (secondary N) is 3. The fourth-order valence-corrected chi connectivity index (χ4v) is 3.45. The van der Waals surface area contributed by atoms with Crippen LogP contribution in [0.3, 0.4) is 0 Å². The van der Waals surface area contributed by atoms with Crippen molar-refractivity contribution in [3.63, 3.8) is 0 Å². The molecule has 156 valence electrons. The average Bonchev–Trinajstić information content (AvgIpc) is 2.68. The molecule has 28 heavy (non-hydrogen) atoms. The van der Waals surface area contributed by atoms with E-state index in [2.05, 4.69) is 46.1 Å². The topological polar surface area (TPSA) is 74.8 Å². The van der Waals surface area contributed by atoms with Crippen molar-refractivity contribution in [1.82, 2.24) is 16.0 Å². The summed E-state index contributed by atoms with van der Waals surface area (Å²) in [7, 11) is 1.75. The van der Waals surface area contributed by atoms with E-state index in [1.807, 2.05) is 13.8 Å². The van der Waals surface area contributed by atoms with Crippen LogP contribution < -0.4 is 20.7 Å². The highest BCUT2D eigenvalue weighted by Gasteiger charge is 2.20. The number of carbonyl (C=O) groups excluding carboxylic acids is 1. The van der Waals surface area contributed by atoms with E-state index < -0.39 is 0 Å². The van der Waals surface area contributed by atoms with Crippen LogP contribution in [0.5, 0.6) is 5.75 Å². The predicted molar refractivity (Wildman–Crippen MR) is 115 cm³/mol. The van der Waals surface area contributed by atoms with Crippen molar-refractivity contribution < 1.29 is 9.53 Å². The molecule has 2 rings (SSSR count). The lowest BCUT2D eigenvalue weighted by Gasteiger charge is -2.21. The Morgan fingerprint density at radius 1 is 1.14 bits per heavy atom. The molecule has 0 unspecified atom stereocenters. The van der Waals surface area contributed by atoms with Crippen LogP contribution in [0.1, 0.15) is 57.1 Å². The molecule has 0 spiro atoms. The molecule has 3 N–H and O–H groups in total. The van der Waals surface area contributed by atoms with E-state index in [4.69, 9.17) is 4.74 Å². The average molecular weight is 389 g/mol. The Balaban J connectivity index is 1.75. The first-order chi connectivity index (χ1) is 13.5. The summed E-state index contributed by atoms with van der Waals surface area (Å²) in [6, 6.07) is 6.23. The SMILES string of the molecule is CN=C(NCCNC(=O)C1CCCCC1)NCc1ccc(C)cc1OC(C)C. The lowest BCUT2D eigenvalue weighted by atomic mass is 9.89. The summed E-state index contributed by atoms with van der Waals surface area (Å²) < 4.78 is 5.93. The van der Waals surface area contributed by atoms with E-state index in [9.17, 15) is 4.79 Å². The molecule has 1 aliphatic carbocycles. The molecule has 0 atom stereocenters. The van der Waals surface area contributed by atoms with Gasteiger partial charge in [0.15, 0.2) is 5.96 Å². The normalized spacial score (nSPS) is 15.4. The Kier molecular flexibility index (Phi) is 9.11. The van der Waals surface area contributed by atoms with Crippen molar-refractivity contribution in [2.45, 2.75) is 65.5 Å². The zero-order chi connectivity index (χ0) is 20.4. The molecule has 0 bridgehead atoms. The molecule has 1 aromatic rings. The van der Waals surface area contributed by atoms with Gasteiger partial charge in [-0.05, 0) is 45.2 Å². The van der Waals surface area contributed by atoms with Crippen molar-refractivity contribution in [2.75, 3.05) is 20.1 Å². The molecular weight excluding hydrogens is 352 g/mol. The summed E-state index contributed by atoms with van der Waals surface area (Å²) in [5.74, 6) is 2.01. The van der Waals surface area contributed by atoms with Gasteiger partial charge in [-0.3, -0.25) is 9.79 Å². The minimum atomic E-state index is 0.130. The van der Waals surface area contributed by atoms with Gasteiger partial charge in [0, 0.05) is 38.2 Å². The van der Waals surface area contributed by atoms with Crippen molar-refractivity contribution in [3.8, 4) is 5.75 Å². The van der Waals surface area contributed by atoms with Crippen LogP contribution in [0.4, 0.5) is 0 Å².